The number of nitrogens with two attached hydrogens (primary N) is 1. The molecule has 2 aliphatic heterocycles. The molecule has 2 atom stereocenters. The summed E-state index contributed by atoms with van der Waals surface area (Å²) in [5.74, 6) is -0.367. The molecule has 1 saturated heterocycles. The molecule has 34 heavy (non-hydrogen) atoms. The van der Waals surface area contributed by atoms with Crippen molar-refractivity contribution in [2.45, 2.75) is 38.6 Å². The number of ether oxygens (including phenoxy) is 1. The Labute approximate surface area is 202 Å². The van der Waals surface area contributed by atoms with Gasteiger partial charge in [0.2, 0.25) is 11.8 Å². The Morgan fingerprint density at radius 3 is 2.32 bits per heavy atom. The summed E-state index contributed by atoms with van der Waals surface area (Å²) in [5, 5.41) is 3.36. The number of fused-ring (bicyclic) bond motifs is 1. The van der Waals surface area contributed by atoms with Crippen LogP contribution in [0.2, 0.25) is 0 Å². The Hall–Kier alpha value is -2.90. The second kappa shape index (κ2) is 9.39. The van der Waals surface area contributed by atoms with Crippen LogP contribution in [0, 0.1) is 5.92 Å². The summed E-state index contributed by atoms with van der Waals surface area (Å²) in [5.41, 5.74) is 7.21. The van der Waals surface area contributed by atoms with Crippen LogP contribution >= 0.6 is 0 Å². The quantitative estimate of drug-likeness (QED) is 0.686. The number of nitrogens with zero attached hydrogens (tertiary/aromatic N) is 2. The molecule has 2 aliphatic rings. The average molecular weight is 465 g/mol. The Bertz CT molecular complexity index is 1050. The van der Waals surface area contributed by atoms with Crippen molar-refractivity contribution in [1.29, 1.82) is 0 Å². The number of piperazine rings is 1. The molecular formula is C27H36N4O3. The third-order valence-electron chi connectivity index (χ3n) is 7.50. The number of rotatable bonds is 6. The first-order valence-corrected chi connectivity index (χ1v) is 12.0. The smallest absolute Gasteiger partial charge is 0.224 e. The first kappa shape index (κ1) is 24.2. The highest BCUT2D eigenvalue weighted by molar-refractivity contribution is 5.98. The fourth-order valence-electron chi connectivity index (χ4n) is 6.06. The lowest BCUT2D eigenvalue weighted by Crippen LogP contribution is -2.65. The van der Waals surface area contributed by atoms with Gasteiger partial charge in [0.1, 0.15) is 12.4 Å². The van der Waals surface area contributed by atoms with Crippen LogP contribution in [-0.2, 0) is 15.0 Å². The maximum Gasteiger partial charge on any atom is 0.224 e. The van der Waals surface area contributed by atoms with E-state index in [-0.39, 0.29) is 5.91 Å². The topological polar surface area (TPSA) is 87.9 Å². The van der Waals surface area contributed by atoms with Crippen molar-refractivity contribution in [1.82, 2.24) is 10.2 Å². The summed E-state index contributed by atoms with van der Waals surface area (Å²) in [6, 6.07) is 15.8. The third kappa shape index (κ3) is 4.18. The minimum absolute atomic E-state index is 0.112. The third-order valence-corrected chi connectivity index (χ3v) is 7.50. The molecule has 2 aromatic carbocycles. The van der Waals surface area contributed by atoms with Gasteiger partial charge >= 0.3 is 0 Å². The molecule has 182 valence electrons. The largest absolute Gasteiger partial charge is 0.492 e. The fourth-order valence-corrected chi connectivity index (χ4v) is 6.06. The lowest BCUT2D eigenvalue weighted by molar-refractivity contribution is -0.127. The highest BCUT2D eigenvalue weighted by Crippen LogP contribution is 2.54. The van der Waals surface area contributed by atoms with Crippen LogP contribution in [0.3, 0.4) is 0 Å². The van der Waals surface area contributed by atoms with E-state index in [1.807, 2.05) is 62.4 Å². The maximum absolute atomic E-state index is 12.9. The van der Waals surface area contributed by atoms with Crippen molar-refractivity contribution in [2.75, 3.05) is 44.2 Å². The monoisotopic (exact) mass is 464 g/mol. The van der Waals surface area contributed by atoms with E-state index < -0.39 is 22.8 Å². The van der Waals surface area contributed by atoms with Crippen molar-refractivity contribution in [3.05, 3.63) is 59.7 Å². The van der Waals surface area contributed by atoms with Gasteiger partial charge in [0.05, 0.1) is 11.5 Å². The fraction of sp³-hybridized carbons (Fsp3) is 0.481. The molecule has 1 fully saturated rings. The molecule has 2 amide bonds. The van der Waals surface area contributed by atoms with Crippen LogP contribution in [0.25, 0.3) is 0 Å². The molecule has 2 aromatic rings. The van der Waals surface area contributed by atoms with E-state index in [9.17, 15) is 9.59 Å². The van der Waals surface area contributed by atoms with E-state index >= 15 is 0 Å². The van der Waals surface area contributed by atoms with E-state index in [1.54, 1.807) is 4.90 Å². The van der Waals surface area contributed by atoms with E-state index in [1.165, 1.54) is 6.92 Å². The number of hydrogen-bond donors (Lipinski definition) is 2. The molecule has 0 saturated carbocycles. The number of carbonyl (C=O) groups excluding carboxylic acids is 2. The zero-order chi connectivity index (χ0) is 24.5. The Morgan fingerprint density at radius 2 is 1.71 bits per heavy atom. The van der Waals surface area contributed by atoms with Gasteiger partial charge in [-0.3, -0.25) is 14.5 Å². The second-order valence-electron chi connectivity index (χ2n) is 10.0. The first-order valence-electron chi connectivity index (χ1n) is 12.0. The van der Waals surface area contributed by atoms with E-state index in [0.29, 0.717) is 6.61 Å². The van der Waals surface area contributed by atoms with E-state index in [4.69, 9.17) is 10.5 Å². The predicted octanol–water partition coefficient (Wildman–Crippen LogP) is 2.52. The van der Waals surface area contributed by atoms with Gasteiger partial charge in [-0.15, -0.1) is 0 Å². The lowest BCUT2D eigenvalue weighted by atomic mass is 9.57. The minimum Gasteiger partial charge on any atom is -0.492 e. The summed E-state index contributed by atoms with van der Waals surface area (Å²) in [6.45, 7) is 13.1. The molecule has 2 heterocycles. The van der Waals surface area contributed by atoms with Crippen LogP contribution in [0.15, 0.2) is 48.5 Å². The normalized spacial score (nSPS) is 24.4. The molecule has 0 bridgehead atoms. The van der Waals surface area contributed by atoms with Crippen molar-refractivity contribution in [2.24, 2.45) is 11.7 Å². The molecule has 2 unspecified atom stereocenters. The molecule has 0 aromatic heterocycles. The van der Waals surface area contributed by atoms with Gasteiger partial charge in [-0.25, -0.2) is 0 Å². The standard InChI is InChI=1S/C27H36N4O3/c1-19(32)31-23-8-6-5-7-22(23)27(4,24(25(28)33)26(31,2)3)20-9-11-21(12-10-20)34-18-17-30-15-13-29-14-16-30/h5-12,24,29H,13-18H2,1-4H3,(H2,28,33). The molecule has 0 spiro atoms. The summed E-state index contributed by atoms with van der Waals surface area (Å²) in [4.78, 5) is 29.8. The number of amides is 2. The summed E-state index contributed by atoms with van der Waals surface area (Å²) < 4.78 is 6.01. The van der Waals surface area contributed by atoms with Crippen molar-refractivity contribution < 1.29 is 14.3 Å². The van der Waals surface area contributed by atoms with Gasteiger partial charge in [0, 0.05) is 50.7 Å². The first-order chi connectivity index (χ1) is 16.2. The zero-order valence-electron chi connectivity index (χ0n) is 20.6. The summed E-state index contributed by atoms with van der Waals surface area (Å²) in [6.07, 6.45) is 0. The van der Waals surface area contributed by atoms with Crippen LogP contribution in [0.4, 0.5) is 5.69 Å². The number of nitrogens with one attached hydrogen (secondary N) is 1. The Kier molecular flexibility index (Phi) is 6.69. The minimum atomic E-state index is -0.806. The van der Waals surface area contributed by atoms with Gasteiger partial charge in [-0.05, 0) is 43.2 Å². The number of anilines is 1. The summed E-state index contributed by atoms with van der Waals surface area (Å²) >= 11 is 0. The lowest BCUT2D eigenvalue weighted by Gasteiger charge is -2.55. The number of benzene rings is 2. The highest BCUT2D eigenvalue weighted by Gasteiger charge is 2.57. The molecule has 7 nitrogen and oxygen atoms in total. The SMILES string of the molecule is CC(=O)N1c2ccccc2C(C)(c2ccc(OCCN3CCNCC3)cc2)C(C(N)=O)C1(C)C. The average Bonchev–Trinajstić information content (AvgIpc) is 2.79. The predicted molar refractivity (Wildman–Crippen MR) is 134 cm³/mol. The van der Waals surface area contributed by atoms with Crippen LogP contribution in [0.5, 0.6) is 5.75 Å². The molecule has 0 aliphatic carbocycles. The Balaban J connectivity index is 1.66. The Morgan fingerprint density at radius 1 is 1.06 bits per heavy atom. The van der Waals surface area contributed by atoms with Crippen LogP contribution in [-0.4, -0.2) is 61.6 Å². The number of para-hydroxylation sites is 1. The maximum atomic E-state index is 12.9. The van der Waals surface area contributed by atoms with Crippen LogP contribution in [0.1, 0.15) is 38.8 Å². The molecule has 0 radical (unpaired) electrons. The molecular weight excluding hydrogens is 428 g/mol. The number of primary amides is 1. The highest BCUT2D eigenvalue weighted by atomic mass is 16.5. The zero-order valence-corrected chi connectivity index (χ0v) is 20.6. The van der Waals surface area contributed by atoms with E-state index in [2.05, 4.69) is 17.1 Å². The molecule has 7 heteroatoms. The van der Waals surface area contributed by atoms with Gasteiger partial charge in [0.15, 0.2) is 0 Å². The summed E-state index contributed by atoms with van der Waals surface area (Å²) in [7, 11) is 0. The van der Waals surface area contributed by atoms with Gasteiger partial charge in [-0.2, -0.15) is 0 Å². The number of hydrogen-bond acceptors (Lipinski definition) is 5. The van der Waals surface area contributed by atoms with Crippen LogP contribution < -0.4 is 20.7 Å². The van der Waals surface area contributed by atoms with Crippen molar-refractivity contribution in [3.63, 3.8) is 0 Å². The van der Waals surface area contributed by atoms with E-state index in [0.717, 1.165) is 55.3 Å². The molecule has 3 N–H and O–H groups in total. The van der Waals surface area contributed by atoms with Crippen molar-refractivity contribution in [3.8, 4) is 5.75 Å². The van der Waals surface area contributed by atoms with Gasteiger partial charge < -0.3 is 20.7 Å². The van der Waals surface area contributed by atoms with Gasteiger partial charge in [-0.1, -0.05) is 37.3 Å². The number of carbonyl (C=O) groups is 2. The second-order valence-corrected chi connectivity index (χ2v) is 10.0. The molecule has 4 rings (SSSR count). The van der Waals surface area contributed by atoms with Crippen molar-refractivity contribution >= 4 is 17.5 Å². The van der Waals surface area contributed by atoms with Gasteiger partial charge in [0.25, 0.3) is 0 Å².